The number of nitrogen functional groups attached to an aromatic ring is 1. The van der Waals surface area contributed by atoms with E-state index in [2.05, 4.69) is 10.8 Å². The lowest BCUT2D eigenvalue weighted by atomic mass is 10.0. The number of methoxy groups -OCH3 is 1. The smallest absolute Gasteiger partial charge is 0.0704 e. The number of para-hydroxylation sites is 1. The molecule has 0 radical (unpaired) electrons. The van der Waals surface area contributed by atoms with Crippen LogP contribution in [-0.2, 0) is 4.74 Å². The fourth-order valence-corrected chi connectivity index (χ4v) is 0.975. The Morgan fingerprint density at radius 3 is 2.12 bits per heavy atom. The molecule has 0 aliphatic rings. The third-order valence-electron chi connectivity index (χ3n) is 1.66. The zero-order chi connectivity index (χ0) is 13.0. The summed E-state index contributed by atoms with van der Waals surface area (Å²) in [4.78, 5) is 0. The number of ether oxygens (including phenoxy) is 1. The second-order valence-electron chi connectivity index (χ2n) is 2.89. The first-order valence-electron chi connectivity index (χ1n) is 4.76. The van der Waals surface area contributed by atoms with Crippen molar-refractivity contribution < 1.29 is 9.84 Å². The SMILES string of the molecule is CC(C#N)c1ccccc1N.CO.COC. The summed E-state index contributed by atoms with van der Waals surface area (Å²) in [7, 11) is 4.25. The van der Waals surface area contributed by atoms with Crippen LogP contribution < -0.4 is 5.73 Å². The number of aliphatic hydroxyl groups is 1. The highest BCUT2D eigenvalue weighted by molar-refractivity contribution is 5.49. The van der Waals surface area contributed by atoms with Gasteiger partial charge in [0, 0.05) is 27.0 Å². The number of nitrogens with zero attached hydrogens (tertiary/aromatic N) is 1. The molecule has 4 heteroatoms. The normalized spacial score (nSPS) is 9.75. The number of hydrogen-bond donors (Lipinski definition) is 2. The Hall–Kier alpha value is -1.57. The van der Waals surface area contributed by atoms with E-state index in [9.17, 15) is 0 Å². The molecule has 0 aliphatic heterocycles. The van der Waals surface area contributed by atoms with Crippen molar-refractivity contribution in [2.75, 3.05) is 27.1 Å². The van der Waals surface area contributed by atoms with Crippen LogP contribution in [0.3, 0.4) is 0 Å². The Labute approximate surface area is 97.3 Å². The molecule has 0 spiro atoms. The Bertz CT molecular complexity index is 308. The molecule has 16 heavy (non-hydrogen) atoms. The molecule has 0 amide bonds. The first-order chi connectivity index (χ1) is 7.67. The summed E-state index contributed by atoms with van der Waals surface area (Å²) in [5.41, 5.74) is 7.25. The minimum absolute atomic E-state index is 0.115. The second-order valence-corrected chi connectivity index (χ2v) is 2.89. The van der Waals surface area contributed by atoms with E-state index in [1.165, 1.54) is 0 Å². The van der Waals surface area contributed by atoms with Gasteiger partial charge in [-0.25, -0.2) is 0 Å². The average molecular weight is 224 g/mol. The Morgan fingerprint density at radius 1 is 1.31 bits per heavy atom. The molecule has 1 atom stereocenters. The average Bonchev–Trinajstić information content (AvgIpc) is 2.32. The van der Waals surface area contributed by atoms with Crippen molar-refractivity contribution in [1.29, 1.82) is 5.26 Å². The van der Waals surface area contributed by atoms with Crippen molar-refractivity contribution in [3.63, 3.8) is 0 Å². The molecule has 4 nitrogen and oxygen atoms in total. The van der Waals surface area contributed by atoms with E-state index in [4.69, 9.17) is 16.1 Å². The van der Waals surface area contributed by atoms with Gasteiger partial charge < -0.3 is 15.6 Å². The van der Waals surface area contributed by atoms with Crippen LogP contribution in [0.25, 0.3) is 0 Å². The van der Waals surface area contributed by atoms with E-state index in [1.807, 2.05) is 31.2 Å². The Kier molecular flexibility index (Phi) is 12.1. The molecule has 1 aromatic carbocycles. The molecule has 0 fully saturated rings. The predicted octanol–water partition coefficient (Wildman–Crippen LogP) is 1.77. The highest BCUT2D eigenvalue weighted by Gasteiger charge is 2.05. The second kappa shape index (κ2) is 11.5. The summed E-state index contributed by atoms with van der Waals surface area (Å²) in [6.45, 7) is 1.84. The van der Waals surface area contributed by atoms with Crippen molar-refractivity contribution in [3.05, 3.63) is 29.8 Å². The van der Waals surface area contributed by atoms with Crippen LogP contribution in [0.5, 0.6) is 0 Å². The van der Waals surface area contributed by atoms with E-state index in [1.54, 1.807) is 14.2 Å². The minimum atomic E-state index is -0.115. The largest absolute Gasteiger partial charge is 0.400 e. The first kappa shape index (κ1) is 16.8. The van der Waals surface area contributed by atoms with Crippen molar-refractivity contribution in [1.82, 2.24) is 0 Å². The molecule has 3 N–H and O–H groups in total. The topological polar surface area (TPSA) is 79.3 Å². The lowest BCUT2D eigenvalue weighted by molar-refractivity contribution is 0.277. The number of benzene rings is 1. The number of hydrogen-bond acceptors (Lipinski definition) is 4. The number of nitriles is 1. The lowest BCUT2D eigenvalue weighted by Crippen LogP contribution is -1.96. The van der Waals surface area contributed by atoms with Crippen molar-refractivity contribution in [2.45, 2.75) is 12.8 Å². The van der Waals surface area contributed by atoms with Gasteiger partial charge >= 0.3 is 0 Å². The summed E-state index contributed by atoms with van der Waals surface area (Å²) < 4.78 is 4.25. The molecule has 0 aromatic heterocycles. The third-order valence-corrected chi connectivity index (χ3v) is 1.66. The fourth-order valence-electron chi connectivity index (χ4n) is 0.975. The van der Waals surface area contributed by atoms with Crippen molar-refractivity contribution in [3.8, 4) is 6.07 Å². The Morgan fingerprint density at radius 2 is 1.75 bits per heavy atom. The maximum Gasteiger partial charge on any atom is 0.0704 e. The molecular weight excluding hydrogens is 204 g/mol. The summed E-state index contributed by atoms with van der Waals surface area (Å²) in [5, 5.41) is 15.6. The highest BCUT2D eigenvalue weighted by Crippen LogP contribution is 2.20. The summed E-state index contributed by atoms with van der Waals surface area (Å²) in [6.07, 6.45) is 0. The number of rotatable bonds is 1. The van der Waals surface area contributed by atoms with Crippen LogP contribution in [-0.4, -0.2) is 26.4 Å². The molecule has 1 aromatic rings. The summed E-state index contributed by atoms with van der Waals surface area (Å²) >= 11 is 0. The molecule has 90 valence electrons. The minimum Gasteiger partial charge on any atom is -0.400 e. The summed E-state index contributed by atoms with van der Waals surface area (Å²) in [5.74, 6) is -0.115. The molecule has 0 heterocycles. The monoisotopic (exact) mass is 224 g/mol. The van der Waals surface area contributed by atoms with Crippen LogP contribution in [0.2, 0.25) is 0 Å². The van der Waals surface area contributed by atoms with Gasteiger partial charge in [-0.2, -0.15) is 5.26 Å². The van der Waals surface area contributed by atoms with Gasteiger partial charge in [0.2, 0.25) is 0 Å². The van der Waals surface area contributed by atoms with Gasteiger partial charge in [0.15, 0.2) is 0 Å². The van der Waals surface area contributed by atoms with Crippen molar-refractivity contribution in [2.24, 2.45) is 0 Å². The van der Waals surface area contributed by atoms with Gasteiger partial charge in [-0.1, -0.05) is 18.2 Å². The zero-order valence-electron chi connectivity index (χ0n) is 10.3. The van der Waals surface area contributed by atoms with Crippen molar-refractivity contribution >= 4 is 5.69 Å². The molecule has 0 saturated carbocycles. The van der Waals surface area contributed by atoms with Gasteiger partial charge in [-0.15, -0.1) is 0 Å². The zero-order valence-corrected chi connectivity index (χ0v) is 10.3. The molecule has 0 bridgehead atoms. The third kappa shape index (κ3) is 6.82. The standard InChI is InChI=1S/C9H10N2.C2H6O.CH4O/c1-7(6-10)8-4-2-3-5-9(8)11;1-3-2;1-2/h2-5,7H,11H2,1H3;1-2H3;2H,1H3. The summed E-state index contributed by atoms with van der Waals surface area (Å²) in [6, 6.07) is 9.58. The molecule has 0 saturated heterocycles. The molecular formula is C12H20N2O2. The van der Waals surface area contributed by atoms with Crippen LogP contribution in [0, 0.1) is 11.3 Å². The van der Waals surface area contributed by atoms with E-state index < -0.39 is 0 Å². The molecule has 1 rings (SSSR count). The maximum atomic E-state index is 8.61. The number of aliphatic hydroxyl groups excluding tert-OH is 1. The van der Waals surface area contributed by atoms with Gasteiger partial charge in [0.25, 0.3) is 0 Å². The van der Waals surface area contributed by atoms with Gasteiger partial charge in [0.05, 0.1) is 12.0 Å². The van der Waals surface area contributed by atoms with Gasteiger partial charge in [-0.05, 0) is 18.6 Å². The first-order valence-corrected chi connectivity index (χ1v) is 4.76. The molecule has 1 unspecified atom stereocenters. The Balaban J connectivity index is 0. The van der Waals surface area contributed by atoms with Crippen LogP contribution in [0.4, 0.5) is 5.69 Å². The van der Waals surface area contributed by atoms with Gasteiger partial charge in [0.1, 0.15) is 0 Å². The van der Waals surface area contributed by atoms with E-state index in [0.29, 0.717) is 5.69 Å². The quantitative estimate of drug-likeness (QED) is 0.712. The van der Waals surface area contributed by atoms with Gasteiger partial charge in [-0.3, -0.25) is 0 Å². The van der Waals surface area contributed by atoms with Crippen LogP contribution in [0.15, 0.2) is 24.3 Å². The van der Waals surface area contributed by atoms with Crippen LogP contribution >= 0.6 is 0 Å². The predicted molar refractivity (Wildman–Crippen MR) is 66.0 cm³/mol. The molecule has 0 aliphatic carbocycles. The van der Waals surface area contributed by atoms with E-state index in [0.717, 1.165) is 12.7 Å². The van der Waals surface area contributed by atoms with Crippen LogP contribution in [0.1, 0.15) is 18.4 Å². The number of anilines is 1. The fraction of sp³-hybridized carbons (Fsp3) is 0.417. The highest BCUT2D eigenvalue weighted by atomic mass is 16.4. The lowest BCUT2D eigenvalue weighted by Gasteiger charge is -2.04. The maximum absolute atomic E-state index is 8.61. The van der Waals surface area contributed by atoms with E-state index in [-0.39, 0.29) is 5.92 Å². The number of nitrogens with two attached hydrogens (primary N) is 1. The van der Waals surface area contributed by atoms with E-state index >= 15 is 0 Å².